The summed E-state index contributed by atoms with van der Waals surface area (Å²) in [4.78, 5) is 0. The van der Waals surface area contributed by atoms with Gasteiger partial charge in [-0.05, 0) is 72.8 Å². The number of hydrogen-bond acceptors (Lipinski definition) is 0. The Bertz CT molecular complexity index is 649. The van der Waals surface area contributed by atoms with Crippen LogP contribution in [0.25, 0.3) is 11.1 Å². The molecule has 0 aromatic heterocycles. The van der Waals surface area contributed by atoms with Crippen LogP contribution in [0.1, 0.15) is 43.6 Å². The quantitative estimate of drug-likeness (QED) is 0.504. The van der Waals surface area contributed by atoms with Gasteiger partial charge < -0.3 is 0 Å². The molecule has 2 aromatic carbocycles. The predicted molar refractivity (Wildman–Crippen MR) is 101 cm³/mol. The van der Waals surface area contributed by atoms with Gasteiger partial charge >= 0.3 is 0 Å². The number of alkyl halides is 1. The number of rotatable bonds is 5. The summed E-state index contributed by atoms with van der Waals surface area (Å²) < 4.78 is 12.1. The van der Waals surface area contributed by atoms with Gasteiger partial charge in [-0.25, -0.2) is 0 Å². The van der Waals surface area contributed by atoms with Crippen molar-refractivity contribution in [2.24, 2.45) is 5.92 Å². The summed E-state index contributed by atoms with van der Waals surface area (Å²) in [5.74, 6) is 1.30. The van der Waals surface area contributed by atoms with E-state index in [0.717, 1.165) is 5.02 Å². The fourth-order valence-electron chi connectivity index (χ4n) is 3.59. The van der Waals surface area contributed by atoms with Crippen LogP contribution in [0.4, 0.5) is 4.39 Å². The Labute approximate surface area is 149 Å². The van der Waals surface area contributed by atoms with Crippen LogP contribution in [0.2, 0.25) is 5.02 Å². The molecule has 0 unspecified atom stereocenters. The highest BCUT2D eigenvalue weighted by molar-refractivity contribution is 6.30. The van der Waals surface area contributed by atoms with E-state index < -0.39 is 0 Å². The Morgan fingerprint density at radius 3 is 2.04 bits per heavy atom. The van der Waals surface area contributed by atoms with Crippen molar-refractivity contribution in [3.63, 3.8) is 0 Å². The van der Waals surface area contributed by atoms with E-state index in [4.69, 9.17) is 11.6 Å². The van der Waals surface area contributed by atoms with Gasteiger partial charge in [0.05, 0.1) is 6.67 Å². The lowest BCUT2D eigenvalue weighted by molar-refractivity contribution is 0.375. The molecule has 1 saturated carbocycles. The maximum Gasteiger partial charge on any atom is 0.0928 e. The van der Waals surface area contributed by atoms with Crippen LogP contribution in [0, 0.1) is 5.92 Å². The zero-order chi connectivity index (χ0) is 16.8. The molecule has 0 heterocycles. The fourth-order valence-corrected chi connectivity index (χ4v) is 3.71. The lowest BCUT2D eigenvalue weighted by Crippen LogP contribution is -2.11. The lowest BCUT2D eigenvalue weighted by Gasteiger charge is -2.27. The second kappa shape index (κ2) is 8.48. The molecule has 3 rings (SSSR count). The van der Waals surface area contributed by atoms with Gasteiger partial charge in [0.25, 0.3) is 0 Å². The van der Waals surface area contributed by atoms with E-state index in [1.165, 1.54) is 42.4 Å². The molecule has 2 heteroatoms. The molecule has 1 fully saturated rings. The highest BCUT2D eigenvalue weighted by Gasteiger charge is 2.20. The minimum absolute atomic E-state index is 0.244. The Morgan fingerprint density at radius 1 is 0.875 bits per heavy atom. The molecule has 0 nitrogen and oxygen atoms in total. The first kappa shape index (κ1) is 17.2. The Balaban J connectivity index is 1.59. The van der Waals surface area contributed by atoms with E-state index in [9.17, 15) is 4.39 Å². The van der Waals surface area contributed by atoms with Crippen molar-refractivity contribution < 1.29 is 4.39 Å². The molecule has 0 amide bonds. The summed E-state index contributed by atoms with van der Waals surface area (Å²) in [6, 6.07) is 17.0. The normalized spacial score (nSPS) is 21.2. The van der Waals surface area contributed by atoms with Crippen molar-refractivity contribution >= 4 is 11.6 Å². The van der Waals surface area contributed by atoms with Crippen molar-refractivity contribution in [2.75, 3.05) is 6.67 Å². The van der Waals surface area contributed by atoms with Crippen LogP contribution < -0.4 is 0 Å². The van der Waals surface area contributed by atoms with Gasteiger partial charge in [0.2, 0.25) is 0 Å². The highest BCUT2D eigenvalue weighted by atomic mass is 35.5. The van der Waals surface area contributed by atoms with Gasteiger partial charge in [0, 0.05) is 5.02 Å². The third-order valence-corrected chi connectivity index (χ3v) is 5.27. The van der Waals surface area contributed by atoms with E-state index in [2.05, 4.69) is 42.5 Å². The van der Waals surface area contributed by atoms with Crippen LogP contribution in [0.3, 0.4) is 0 Å². The van der Waals surface area contributed by atoms with Crippen molar-refractivity contribution in [3.8, 4) is 11.1 Å². The first-order valence-electron chi connectivity index (χ1n) is 8.85. The summed E-state index contributed by atoms with van der Waals surface area (Å²) in [6.07, 6.45) is 9.67. The molecular formula is C22H24ClF. The summed E-state index contributed by atoms with van der Waals surface area (Å²) in [5, 5.41) is 0.771. The molecule has 0 aliphatic heterocycles. The Morgan fingerprint density at radius 2 is 1.46 bits per heavy atom. The zero-order valence-corrected chi connectivity index (χ0v) is 14.7. The molecule has 0 radical (unpaired) electrons. The van der Waals surface area contributed by atoms with E-state index >= 15 is 0 Å². The van der Waals surface area contributed by atoms with Crippen LogP contribution in [-0.2, 0) is 0 Å². The molecule has 0 spiro atoms. The van der Waals surface area contributed by atoms with Crippen LogP contribution in [0.15, 0.2) is 60.7 Å². The maximum atomic E-state index is 12.1. The van der Waals surface area contributed by atoms with Crippen LogP contribution in [0.5, 0.6) is 0 Å². The zero-order valence-electron chi connectivity index (χ0n) is 13.9. The highest BCUT2D eigenvalue weighted by Crippen LogP contribution is 2.37. The number of hydrogen-bond donors (Lipinski definition) is 0. The topological polar surface area (TPSA) is 0 Å². The maximum absolute atomic E-state index is 12.1. The van der Waals surface area contributed by atoms with E-state index in [1.54, 1.807) is 0 Å². The third-order valence-electron chi connectivity index (χ3n) is 5.02. The first-order chi connectivity index (χ1) is 11.8. The largest absolute Gasteiger partial charge is 0.251 e. The predicted octanol–water partition coefficient (Wildman–Crippen LogP) is 7.20. The molecular weight excluding hydrogens is 319 g/mol. The van der Waals surface area contributed by atoms with Gasteiger partial charge in [0.15, 0.2) is 0 Å². The molecule has 0 atom stereocenters. The minimum atomic E-state index is -0.244. The minimum Gasteiger partial charge on any atom is -0.251 e. The average Bonchev–Trinajstić information content (AvgIpc) is 2.63. The molecule has 2 aromatic rings. The third kappa shape index (κ3) is 4.48. The van der Waals surface area contributed by atoms with E-state index in [0.29, 0.717) is 18.3 Å². The van der Waals surface area contributed by atoms with E-state index in [1.807, 2.05) is 18.2 Å². The molecule has 126 valence electrons. The van der Waals surface area contributed by atoms with Gasteiger partial charge in [-0.3, -0.25) is 4.39 Å². The second-order valence-electron chi connectivity index (χ2n) is 6.65. The van der Waals surface area contributed by atoms with Gasteiger partial charge in [-0.1, -0.05) is 60.2 Å². The van der Waals surface area contributed by atoms with Crippen LogP contribution >= 0.6 is 11.6 Å². The Kier molecular flexibility index (Phi) is 6.09. The molecule has 0 bridgehead atoms. The van der Waals surface area contributed by atoms with Gasteiger partial charge in [-0.2, -0.15) is 0 Å². The van der Waals surface area contributed by atoms with Crippen molar-refractivity contribution in [1.82, 2.24) is 0 Å². The van der Waals surface area contributed by atoms with Crippen molar-refractivity contribution in [1.29, 1.82) is 0 Å². The Hall–Kier alpha value is -1.60. The second-order valence-corrected chi connectivity index (χ2v) is 7.08. The average molecular weight is 343 g/mol. The van der Waals surface area contributed by atoms with Crippen LogP contribution in [-0.4, -0.2) is 6.67 Å². The van der Waals surface area contributed by atoms with Gasteiger partial charge in [-0.15, -0.1) is 0 Å². The number of halogens is 2. The summed E-state index contributed by atoms with van der Waals surface area (Å²) in [5.41, 5.74) is 3.88. The first-order valence-corrected chi connectivity index (χ1v) is 9.22. The molecule has 0 saturated heterocycles. The number of allylic oxidation sites excluding steroid dienone is 2. The fraction of sp³-hybridized carbons (Fsp3) is 0.364. The summed E-state index contributed by atoms with van der Waals surface area (Å²) in [6.45, 7) is -0.244. The standard InChI is InChI=1S/C22H24ClF/c23-22-14-12-21(13-15-22)20-10-8-19(9-11-20)18-6-4-17(5-7-18)3-1-2-16-24/h1,3,8-15,17-18H,2,4-7,16H2/b3-1+/t17-,18-. The molecule has 0 N–H and O–H groups in total. The van der Waals surface area contributed by atoms with Crippen molar-refractivity contribution in [3.05, 3.63) is 71.3 Å². The number of benzene rings is 2. The van der Waals surface area contributed by atoms with E-state index in [-0.39, 0.29) is 6.67 Å². The lowest BCUT2D eigenvalue weighted by atomic mass is 9.78. The summed E-state index contributed by atoms with van der Waals surface area (Å²) in [7, 11) is 0. The van der Waals surface area contributed by atoms with Crippen molar-refractivity contribution in [2.45, 2.75) is 38.0 Å². The smallest absolute Gasteiger partial charge is 0.0928 e. The molecule has 24 heavy (non-hydrogen) atoms. The summed E-state index contributed by atoms with van der Waals surface area (Å²) >= 11 is 5.95. The monoisotopic (exact) mass is 342 g/mol. The SMILES string of the molecule is FCC/C=C/[C@H]1CC[C@H](c2ccc(-c3ccc(Cl)cc3)cc2)CC1. The van der Waals surface area contributed by atoms with Gasteiger partial charge in [0.1, 0.15) is 0 Å². The molecule has 1 aliphatic carbocycles. The molecule has 1 aliphatic rings.